The number of ether oxygens (including phenoxy) is 1. The van der Waals surface area contributed by atoms with Crippen molar-refractivity contribution >= 4 is 5.91 Å². The molecule has 0 saturated heterocycles. The maximum Gasteiger partial charge on any atom is 0.242 e. The summed E-state index contributed by atoms with van der Waals surface area (Å²) in [6.45, 7) is 0.320. The molecule has 2 rings (SSSR count). The fourth-order valence-corrected chi connectivity index (χ4v) is 1.86. The molecule has 0 spiro atoms. The molecule has 0 radical (unpaired) electrons. The number of aromatic nitrogens is 1. The third-order valence-corrected chi connectivity index (χ3v) is 3.00. The van der Waals surface area contributed by atoms with Crippen LogP contribution in [0.15, 0.2) is 48.7 Å². The van der Waals surface area contributed by atoms with Crippen LogP contribution in [0.1, 0.15) is 17.0 Å². The molecule has 2 aromatic rings. The van der Waals surface area contributed by atoms with E-state index in [9.17, 15) is 10.1 Å². The SMILES string of the molecule is COc1ccc(CNC(=O)C(C#N)c2ccccc2)cn1. The zero-order valence-electron chi connectivity index (χ0n) is 11.6. The third-order valence-electron chi connectivity index (χ3n) is 3.00. The number of amides is 1. The lowest BCUT2D eigenvalue weighted by molar-refractivity contribution is -0.121. The molecule has 5 nitrogen and oxygen atoms in total. The Hall–Kier alpha value is -2.87. The number of methoxy groups -OCH3 is 1. The molecule has 106 valence electrons. The molecule has 0 bridgehead atoms. The van der Waals surface area contributed by atoms with Gasteiger partial charge in [-0.15, -0.1) is 0 Å². The lowest BCUT2D eigenvalue weighted by Crippen LogP contribution is -2.28. The molecule has 1 aromatic carbocycles. The summed E-state index contributed by atoms with van der Waals surface area (Å²) in [5, 5.41) is 11.9. The summed E-state index contributed by atoms with van der Waals surface area (Å²) in [4.78, 5) is 16.2. The Morgan fingerprint density at radius 3 is 2.67 bits per heavy atom. The second-order valence-electron chi connectivity index (χ2n) is 4.40. The minimum absolute atomic E-state index is 0.320. The van der Waals surface area contributed by atoms with Gasteiger partial charge in [-0.3, -0.25) is 4.79 Å². The van der Waals surface area contributed by atoms with Crippen molar-refractivity contribution in [1.82, 2.24) is 10.3 Å². The number of rotatable bonds is 5. The van der Waals surface area contributed by atoms with Crippen molar-refractivity contribution in [2.75, 3.05) is 7.11 Å². The quantitative estimate of drug-likeness (QED) is 0.909. The number of nitriles is 1. The molecule has 0 aliphatic rings. The first kappa shape index (κ1) is 14.5. The number of nitrogens with zero attached hydrogens (tertiary/aromatic N) is 2. The molecule has 0 aliphatic heterocycles. The number of hydrogen-bond acceptors (Lipinski definition) is 4. The maximum absolute atomic E-state index is 12.1. The summed E-state index contributed by atoms with van der Waals surface area (Å²) in [5.41, 5.74) is 1.53. The zero-order chi connectivity index (χ0) is 15.1. The lowest BCUT2D eigenvalue weighted by atomic mass is 10.00. The Balaban J connectivity index is 1.98. The molecule has 21 heavy (non-hydrogen) atoms. The number of carbonyl (C=O) groups excluding carboxylic acids is 1. The minimum atomic E-state index is -0.808. The van der Waals surface area contributed by atoms with Crippen molar-refractivity contribution in [3.05, 3.63) is 59.8 Å². The van der Waals surface area contributed by atoms with Gasteiger partial charge in [-0.1, -0.05) is 36.4 Å². The van der Waals surface area contributed by atoms with Gasteiger partial charge in [-0.25, -0.2) is 4.98 Å². The molecule has 1 aromatic heterocycles. The van der Waals surface area contributed by atoms with Gasteiger partial charge >= 0.3 is 0 Å². The van der Waals surface area contributed by atoms with Crippen LogP contribution >= 0.6 is 0 Å². The molecule has 1 unspecified atom stereocenters. The summed E-state index contributed by atoms with van der Waals surface area (Å²) >= 11 is 0. The predicted molar refractivity (Wildman–Crippen MR) is 77.4 cm³/mol. The number of benzene rings is 1. The lowest BCUT2D eigenvalue weighted by Gasteiger charge is -2.10. The topological polar surface area (TPSA) is 75.0 Å². The van der Waals surface area contributed by atoms with E-state index in [4.69, 9.17) is 4.74 Å². The van der Waals surface area contributed by atoms with Crippen LogP contribution in [0.3, 0.4) is 0 Å². The maximum atomic E-state index is 12.1. The normalized spacial score (nSPS) is 11.2. The van der Waals surface area contributed by atoms with Crippen molar-refractivity contribution < 1.29 is 9.53 Å². The predicted octanol–water partition coefficient (Wildman–Crippen LogP) is 2.01. The second kappa shape index (κ2) is 7.06. The highest BCUT2D eigenvalue weighted by molar-refractivity contribution is 5.86. The molecule has 1 amide bonds. The van der Waals surface area contributed by atoms with Crippen LogP contribution in [-0.4, -0.2) is 18.0 Å². The van der Waals surface area contributed by atoms with E-state index < -0.39 is 5.92 Å². The molecule has 1 atom stereocenters. The average Bonchev–Trinajstić information content (AvgIpc) is 2.55. The van der Waals surface area contributed by atoms with E-state index in [1.807, 2.05) is 18.2 Å². The summed E-state index contributed by atoms with van der Waals surface area (Å²) in [7, 11) is 1.54. The highest BCUT2D eigenvalue weighted by Crippen LogP contribution is 2.15. The van der Waals surface area contributed by atoms with Crippen molar-refractivity contribution in [1.29, 1.82) is 5.26 Å². The van der Waals surface area contributed by atoms with E-state index in [1.54, 1.807) is 43.6 Å². The average molecular weight is 281 g/mol. The van der Waals surface area contributed by atoms with E-state index in [1.165, 1.54) is 0 Å². The summed E-state index contributed by atoms with van der Waals surface area (Å²) in [5.74, 6) is -0.610. The molecular formula is C16H15N3O2. The Labute approximate surface area is 123 Å². The van der Waals surface area contributed by atoms with Crippen LogP contribution in [-0.2, 0) is 11.3 Å². The second-order valence-corrected chi connectivity index (χ2v) is 4.40. The Kier molecular flexibility index (Phi) is 4.89. The number of carbonyl (C=O) groups is 1. The van der Waals surface area contributed by atoms with Gasteiger partial charge in [-0.2, -0.15) is 5.26 Å². The van der Waals surface area contributed by atoms with Crippen LogP contribution in [0.25, 0.3) is 0 Å². The van der Waals surface area contributed by atoms with Crippen molar-refractivity contribution in [2.24, 2.45) is 0 Å². The smallest absolute Gasteiger partial charge is 0.242 e. The first-order chi connectivity index (χ1) is 10.2. The first-order valence-corrected chi connectivity index (χ1v) is 6.46. The number of hydrogen-bond donors (Lipinski definition) is 1. The van der Waals surface area contributed by atoms with Crippen LogP contribution in [0.4, 0.5) is 0 Å². The highest BCUT2D eigenvalue weighted by Gasteiger charge is 2.19. The van der Waals surface area contributed by atoms with Gasteiger partial charge in [0.05, 0.1) is 13.2 Å². The Morgan fingerprint density at radius 1 is 1.33 bits per heavy atom. The van der Waals surface area contributed by atoms with Gasteiger partial charge in [-0.05, 0) is 11.1 Å². The Morgan fingerprint density at radius 2 is 2.10 bits per heavy atom. The highest BCUT2D eigenvalue weighted by atomic mass is 16.5. The van der Waals surface area contributed by atoms with Gasteiger partial charge < -0.3 is 10.1 Å². The minimum Gasteiger partial charge on any atom is -0.481 e. The monoisotopic (exact) mass is 281 g/mol. The Bertz CT molecular complexity index is 633. The van der Waals surface area contributed by atoms with E-state index in [-0.39, 0.29) is 5.91 Å². The van der Waals surface area contributed by atoms with Gasteiger partial charge in [0.15, 0.2) is 0 Å². The first-order valence-electron chi connectivity index (χ1n) is 6.46. The zero-order valence-corrected chi connectivity index (χ0v) is 11.6. The van der Waals surface area contributed by atoms with E-state index in [0.717, 1.165) is 5.56 Å². The number of pyridine rings is 1. The van der Waals surface area contributed by atoms with Crippen molar-refractivity contribution in [3.8, 4) is 11.9 Å². The fourth-order valence-electron chi connectivity index (χ4n) is 1.86. The largest absolute Gasteiger partial charge is 0.481 e. The molecule has 5 heteroatoms. The van der Waals surface area contributed by atoms with Gasteiger partial charge in [0.1, 0.15) is 5.92 Å². The van der Waals surface area contributed by atoms with Crippen LogP contribution in [0.2, 0.25) is 0 Å². The van der Waals surface area contributed by atoms with E-state index >= 15 is 0 Å². The third kappa shape index (κ3) is 3.80. The summed E-state index contributed by atoms with van der Waals surface area (Å²) < 4.78 is 4.97. The molecule has 0 aliphatic carbocycles. The van der Waals surface area contributed by atoms with Crippen LogP contribution in [0.5, 0.6) is 5.88 Å². The standard InChI is InChI=1S/C16H15N3O2/c1-21-15-8-7-12(10-18-15)11-19-16(20)14(9-17)13-5-3-2-4-6-13/h2-8,10,14H,11H2,1H3,(H,19,20). The van der Waals surface area contributed by atoms with Gasteiger partial charge in [0.2, 0.25) is 11.8 Å². The van der Waals surface area contributed by atoms with Crippen LogP contribution in [0, 0.1) is 11.3 Å². The van der Waals surface area contributed by atoms with Crippen molar-refractivity contribution in [3.63, 3.8) is 0 Å². The molecule has 1 heterocycles. The molecular weight excluding hydrogens is 266 g/mol. The molecule has 0 fully saturated rings. The van der Waals surface area contributed by atoms with Gasteiger partial charge in [0.25, 0.3) is 0 Å². The fraction of sp³-hybridized carbons (Fsp3) is 0.188. The van der Waals surface area contributed by atoms with Crippen LogP contribution < -0.4 is 10.1 Å². The van der Waals surface area contributed by atoms with E-state index in [2.05, 4.69) is 10.3 Å². The summed E-state index contributed by atoms with van der Waals surface area (Å²) in [6, 6.07) is 14.6. The summed E-state index contributed by atoms with van der Waals surface area (Å²) in [6.07, 6.45) is 1.63. The molecule has 0 saturated carbocycles. The molecule has 1 N–H and O–H groups in total. The van der Waals surface area contributed by atoms with Gasteiger partial charge in [0, 0.05) is 18.8 Å². The van der Waals surface area contributed by atoms with Crippen molar-refractivity contribution in [2.45, 2.75) is 12.5 Å². The number of nitrogens with one attached hydrogen (secondary N) is 1. The van der Waals surface area contributed by atoms with E-state index in [0.29, 0.717) is 18.0 Å².